The minimum absolute atomic E-state index is 0.574. The molecule has 1 aliphatic heterocycles. The van der Waals surface area contributed by atoms with Crippen molar-refractivity contribution < 1.29 is 4.74 Å². The second-order valence-corrected chi connectivity index (χ2v) is 4.30. The van der Waals surface area contributed by atoms with Crippen LogP contribution in [0.2, 0.25) is 0 Å². The molecule has 3 rings (SSSR count). The van der Waals surface area contributed by atoms with Crippen LogP contribution in [-0.4, -0.2) is 30.8 Å². The van der Waals surface area contributed by atoms with Crippen LogP contribution in [0.3, 0.4) is 0 Å². The number of fused-ring (bicyclic) bond motifs is 1. The molecule has 1 aliphatic rings. The van der Waals surface area contributed by atoms with E-state index in [1.807, 2.05) is 0 Å². The molecule has 84 valence electrons. The van der Waals surface area contributed by atoms with E-state index in [-0.39, 0.29) is 0 Å². The topological polar surface area (TPSA) is 37.0 Å². The molecule has 2 N–H and O–H groups in total. The SMILES string of the molecule is c1ccc2c(CCNC3COC3)c[nH]c2c1. The van der Waals surface area contributed by atoms with Crippen molar-refractivity contribution in [3.05, 3.63) is 36.0 Å². The molecule has 0 amide bonds. The van der Waals surface area contributed by atoms with E-state index < -0.39 is 0 Å². The number of hydrogen-bond acceptors (Lipinski definition) is 2. The predicted molar refractivity (Wildman–Crippen MR) is 64.6 cm³/mol. The van der Waals surface area contributed by atoms with Crippen molar-refractivity contribution in [1.82, 2.24) is 10.3 Å². The molecule has 0 bridgehead atoms. The molecule has 2 heterocycles. The van der Waals surface area contributed by atoms with E-state index >= 15 is 0 Å². The first-order valence-electron chi connectivity index (χ1n) is 5.79. The number of hydrogen-bond donors (Lipinski definition) is 2. The first kappa shape index (κ1) is 9.87. The van der Waals surface area contributed by atoms with E-state index in [9.17, 15) is 0 Å². The van der Waals surface area contributed by atoms with Gasteiger partial charge in [0.1, 0.15) is 0 Å². The fourth-order valence-corrected chi connectivity index (χ4v) is 2.10. The van der Waals surface area contributed by atoms with Gasteiger partial charge in [-0.1, -0.05) is 18.2 Å². The lowest BCUT2D eigenvalue weighted by atomic mass is 10.1. The fourth-order valence-electron chi connectivity index (χ4n) is 2.10. The smallest absolute Gasteiger partial charge is 0.0643 e. The summed E-state index contributed by atoms with van der Waals surface area (Å²) in [6, 6.07) is 9.02. The van der Waals surface area contributed by atoms with Gasteiger partial charge in [0, 0.05) is 17.1 Å². The lowest BCUT2D eigenvalue weighted by Crippen LogP contribution is -2.46. The van der Waals surface area contributed by atoms with Crippen LogP contribution in [-0.2, 0) is 11.2 Å². The Morgan fingerprint density at radius 2 is 2.19 bits per heavy atom. The number of benzene rings is 1. The number of para-hydroxylation sites is 1. The number of ether oxygens (including phenoxy) is 1. The van der Waals surface area contributed by atoms with E-state index in [4.69, 9.17) is 4.74 Å². The molecule has 0 radical (unpaired) electrons. The minimum atomic E-state index is 0.574. The average Bonchev–Trinajstić information content (AvgIpc) is 2.65. The lowest BCUT2D eigenvalue weighted by Gasteiger charge is -2.26. The molecule has 2 aromatic rings. The maximum atomic E-state index is 5.12. The van der Waals surface area contributed by atoms with Crippen molar-refractivity contribution in [3.63, 3.8) is 0 Å². The third kappa shape index (κ3) is 1.84. The zero-order valence-corrected chi connectivity index (χ0v) is 9.20. The highest BCUT2D eigenvalue weighted by atomic mass is 16.5. The number of aromatic amines is 1. The predicted octanol–water partition coefficient (Wildman–Crippen LogP) is 1.70. The summed E-state index contributed by atoms with van der Waals surface area (Å²) < 4.78 is 5.12. The summed E-state index contributed by atoms with van der Waals surface area (Å²) in [5.74, 6) is 0. The van der Waals surface area contributed by atoms with Crippen LogP contribution in [0.5, 0.6) is 0 Å². The van der Waals surface area contributed by atoms with Crippen molar-refractivity contribution in [2.24, 2.45) is 0 Å². The number of rotatable bonds is 4. The Balaban J connectivity index is 1.64. The Hall–Kier alpha value is -1.32. The molecule has 0 unspecified atom stereocenters. The molecule has 0 spiro atoms. The third-order valence-corrected chi connectivity index (χ3v) is 3.14. The molecule has 1 aromatic heterocycles. The molecule has 1 saturated heterocycles. The molecule has 16 heavy (non-hydrogen) atoms. The van der Waals surface area contributed by atoms with Gasteiger partial charge in [-0.2, -0.15) is 0 Å². The quantitative estimate of drug-likeness (QED) is 0.816. The highest BCUT2D eigenvalue weighted by molar-refractivity contribution is 5.83. The molecular weight excluding hydrogens is 200 g/mol. The normalized spacial score (nSPS) is 16.5. The van der Waals surface area contributed by atoms with Gasteiger partial charge in [0.15, 0.2) is 0 Å². The van der Waals surface area contributed by atoms with Gasteiger partial charge in [0.2, 0.25) is 0 Å². The van der Waals surface area contributed by atoms with E-state index in [1.54, 1.807) is 0 Å². The van der Waals surface area contributed by atoms with Crippen molar-refractivity contribution >= 4 is 10.9 Å². The summed E-state index contributed by atoms with van der Waals surface area (Å²) >= 11 is 0. The maximum absolute atomic E-state index is 5.12. The van der Waals surface area contributed by atoms with Crippen LogP contribution in [0, 0.1) is 0 Å². The fraction of sp³-hybridized carbons (Fsp3) is 0.385. The largest absolute Gasteiger partial charge is 0.378 e. The summed E-state index contributed by atoms with van der Waals surface area (Å²) in [4.78, 5) is 3.30. The maximum Gasteiger partial charge on any atom is 0.0643 e. The zero-order chi connectivity index (χ0) is 10.8. The van der Waals surface area contributed by atoms with Gasteiger partial charge >= 0.3 is 0 Å². The average molecular weight is 216 g/mol. The summed E-state index contributed by atoms with van der Waals surface area (Å²) in [5.41, 5.74) is 2.62. The summed E-state index contributed by atoms with van der Waals surface area (Å²) in [6.45, 7) is 2.76. The highest BCUT2D eigenvalue weighted by Gasteiger charge is 2.16. The van der Waals surface area contributed by atoms with Gasteiger partial charge in [0.25, 0.3) is 0 Å². The van der Waals surface area contributed by atoms with Crippen molar-refractivity contribution in [2.45, 2.75) is 12.5 Å². The Morgan fingerprint density at radius 3 is 3.00 bits per heavy atom. The molecule has 3 nitrogen and oxygen atoms in total. The van der Waals surface area contributed by atoms with Gasteiger partial charge in [-0.05, 0) is 24.6 Å². The number of H-pyrrole nitrogens is 1. The Morgan fingerprint density at radius 1 is 1.31 bits per heavy atom. The first-order chi connectivity index (χ1) is 7.93. The van der Waals surface area contributed by atoms with Crippen molar-refractivity contribution in [1.29, 1.82) is 0 Å². The van der Waals surface area contributed by atoms with E-state index in [0.29, 0.717) is 6.04 Å². The Bertz CT molecular complexity index is 473. The molecular formula is C13H16N2O. The van der Waals surface area contributed by atoms with Gasteiger partial charge in [-0.15, -0.1) is 0 Å². The van der Waals surface area contributed by atoms with Crippen molar-refractivity contribution in [2.75, 3.05) is 19.8 Å². The lowest BCUT2D eigenvalue weighted by molar-refractivity contribution is -0.00466. The highest BCUT2D eigenvalue weighted by Crippen LogP contribution is 2.17. The van der Waals surface area contributed by atoms with Crippen LogP contribution in [0.25, 0.3) is 10.9 Å². The Kier molecular flexibility index (Phi) is 2.64. The van der Waals surface area contributed by atoms with E-state index in [0.717, 1.165) is 26.2 Å². The van der Waals surface area contributed by atoms with Crippen molar-refractivity contribution in [3.8, 4) is 0 Å². The van der Waals surface area contributed by atoms with E-state index in [2.05, 4.69) is 40.8 Å². The van der Waals surface area contributed by atoms with Gasteiger partial charge < -0.3 is 15.0 Å². The van der Waals surface area contributed by atoms with Crippen LogP contribution in [0.4, 0.5) is 0 Å². The van der Waals surface area contributed by atoms with Gasteiger partial charge in [0.05, 0.1) is 19.3 Å². The molecule has 0 saturated carbocycles. The molecule has 1 fully saturated rings. The number of nitrogens with one attached hydrogen (secondary N) is 2. The standard InChI is InChI=1S/C13H16N2O/c1-2-4-13-12(3-1)10(7-15-13)5-6-14-11-8-16-9-11/h1-4,7,11,14-15H,5-6,8-9H2. The van der Waals surface area contributed by atoms with Crippen LogP contribution in [0.1, 0.15) is 5.56 Å². The molecule has 3 heteroatoms. The van der Waals surface area contributed by atoms with Gasteiger partial charge in [-0.25, -0.2) is 0 Å². The van der Waals surface area contributed by atoms with Gasteiger partial charge in [-0.3, -0.25) is 0 Å². The zero-order valence-electron chi connectivity index (χ0n) is 9.20. The second-order valence-electron chi connectivity index (χ2n) is 4.30. The Labute approximate surface area is 94.8 Å². The van der Waals surface area contributed by atoms with E-state index in [1.165, 1.54) is 16.5 Å². The summed E-state index contributed by atoms with van der Waals surface area (Å²) in [7, 11) is 0. The summed E-state index contributed by atoms with van der Waals surface area (Å²) in [5, 5.41) is 4.82. The van der Waals surface area contributed by atoms with Crippen LogP contribution < -0.4 is 5.32 Å². The molecule has 1 aromatic carbocycles. The van der Waals surface area contributed by atoms with Crippen LogP contribution >= 0.6 is 0 Å². The minimum Gasteiger partial charge on any atom is -0.378 e. The summed E-state index contributed by atoms with van der Waals surface area (Å²) in [6.07, 6.45) is 3.18. The second kappa shape index (κ2) is 4.28. The molecule has 0 aliphatic carbocycles. The van der Waals surface area contributed by atoms with Crippen LogP contribution in [0.15, 0.2) is 30.5 Å². The third-order valence-electron chi connectivity index (χ3n) is 3.14. The number of aromatic nitrogens is 1. The molecule has 0 atom stereocenters. The monoisotopic (exact) mass is 216 g/mol. The first-order valence-corrected chi connectivity index (χ1v) is 5.79.